The minimum atomic E-state index is -0.215. The van der Waals surface area contributed by atoms with Gasteiger partial charge in [-0.1, -0.05) is 29.3 Å². The monoisotopic (exact) mass is 555 g/mol. The van der Waals surface area contributed by atoms with Crippen molar-refractivity contribution in [1.29, 1.82) is 0 Å². The normalized spacial score (nSPS) is 19.7. The van der Waals surface area contributed by atoms with Gasteiger partial charge in [-0.05, 0) is 55.8 Å². The van der Waals surface area contributed by atoms with Gasteiger partial charge in [0.15, 0.2) is 11.3 Å². The Hall–Kier alpha value is -2.79. The van der Waals surface area contributed by atoms with Crippen LogP contribution >= 0.6 is 23.2 Å². The second-order valence-corrected chi connectivity index (χ2v) is 11.2. The summed E-state index contributed by atoms with van der Waals surface area (Å²) in [7, 11) is 1.82. The standard InChI is InChI=1S/C26H31Cl2N9O/c1-16(20-6-5-19(27)10-21(20)28)37-26-24(23(32-37)25-30-15-34(2)33-25)29-11-22(31-26)36-13-18(14-36)17-4-3-7-35(12-17)8-9-38/h5-6,10-11,15-18,38H,3-4,7-9,12-14H2,1-2H3/t16-,17+/m1/s1. The number of aliphatic hydroxyl groups excluding tert-OH is 1. The van der Waals surface area contributed by atoms with E-state index in [0.717, 1.165) is 44.1 Å². The number of fused-ring (bicyclic) bond motifs is 1. The predicted octanol–water partition coefficient (Wildman–Crippen LogP) is 3.68. The van der Waals surface area contributed by atoms with Crippen molar-refractivity contribution in [2.75, 3.05) is 44.2 Å². The van der Waals surface area contributed by atoms with Crippen LogP contribution in [0.3, 0.4) is 0 Å². The molecule has 200 valence electrons. The summed E-state index contributed by atoms with van der Waals surface area (Å²) in [5.41, 5.74) is 2.80. The zero-order chi connectivity index (χ0) is 26.4. The molecule has 10 nitrogen and oxygen atoms in total. The second kappa shape index (κ2) is 10.4. The van der Waals surface area contributed by atoms with E-state index in [4.69, 9.17) is 38.3 Å². The molecule has 1 aromatic carbocycles. The molecule has 0 radical (unpaired) electrons. The molecule has 2 fully saturated rings. The molecule has 5 heterocycles. The van der Waals surface area contributed by atoms with Crippen LogP contribution < -0.4 is 4.90 Å². The van der Waals surface area contributed by atoms with E-state index in [1.54, 1.807) is 17.1 Å². The Bertz CT molecular complexity index is 1450. The molecule has 2 saturated heterocycles. The molecule has 0 saturated carbocycles. The van der Waals surface area contributed by atoms with Gasteiger partial charge in [0.1, 0.15) is 17.7 Å². The maximum absolute atomic E-state index is 9.33. The lowest BCUT2D eigenvalue weighted by molar-refractivity contribution is 0.101. The number of benzene rings is 1. The van der Waals surface area contributed by atoms with Crippen LogP contribution in [0.5, 0.6) is 0 Å². The van der Waals surface area contributed by atoms with Crippen LogP contribution in [0.4, 0.5) is 5.82 Å². The van der Waals surface area contributed by atoms with Gasteiger partial charge in [-0.25, -0.2) is 19.6 Å². The third-order valence-electron chi connectivity index (χ3n) is 7.84. The molecule has 3 aromatic heterocycles. The number of aryl methyl sites for hydroxylation is 1. The number of aromatic nitrogens is 7. The molecule has 2 atom stereocenters. The van der Waals surface area contributed by atoms with Gasteiger partial charge in [0, 0.05) is 43.3 Å². The topological polar surface area (TPSA) is 101 Å². The third-order valence-corrected chi connectivity index (χ3v) is 8.40. The highest BCUT2D eigenvalue weighted by molar-refractivity contribution is 6.35. The Morgan fingerprint density at radius 2 is 1.95 bits per heavy atom. The zero-order valence-corrected chi connectivity index (χ0v) is 23.0. The first-order chi connectivity index (χ1) is 18.4. The highest BCUT2D eigenvalue weighted by Gasteiger charge is 2.37. The summed E-state index contributed by atoms with van der Waals surface area (Å²) in [4.78, 5) is 19.0. The minimum absolute atomic E-state index is 0.215. The summed E-state index contributed by atoms with van der Waals surface area (Å²) in [5.74, 6) is 2.62. The van der Waals surface area contributed by atoms with Crippen LogP contribution in [0.2, 0.25) is 10.0 Å². The van der Waals surface area contributed by atoms with Crippen molar-refractivity contribution in [2.24, 2.45) is 18.9 Å². The maximum Gasteiger partial charge on any atom is 0.203 e. The van der Waals surface area contributed by atoms with Crippen LogP contribution in [0, 0.1) is 11.8 Å². The van der Waals surface area contributed by atoms with Crippen LogP contribution in [0.15, 0.2) is 30.7 Å². The first kappa shape index (κ1) is 25.5. The van der Waals surface area contributed by atoms with Gasteiger partial charge < -0.3 is 14.9 Å². The molecule has 4 aromatic rings. The van der Waals surface area contributed by atoms with E-state index in [-0.39, 0.29) is 12.6 Å². The molecule has 6 rings (SSSR count). The molecule has 0 spiro atoms. The lowest BCUT2D eigenvalue weighted by atomic mass is 9.80. The smallest absolute Gasteiger partial charge is 0.203 e. The van der Waals surface area contributed by atoms with Crippen LogP contribution in [-0.2, 0) is 7.05 Å². The number of β-amino-alcohol motifs (C(OH)–C–C–N with tert-alkyl or cyclic N) is 1. The summed E-state index contributed by atoms with van der Waals surface area (Å²) in [5, 5.41) is 19.8. The van der Waals surface area contributed by atoms with Crippen molar-refractivity contribution in [3.05, 3.63) is 46.3 Å². The molecule has 0 amide bonds. The number of hydrogen-bond acceptors (Lipinski definition) is 8. The Balaban J connectivity index is 1.31. The number of likely N-dealkylation sites (tertiary alicyclic amines) is 1. The predicted molar refractivity (Wildman–Crippen MR) is 148 cm³/mol. The first-order valence-electron chi connectivity index (χ1n) is 13.1. The lowest BCUT2D eigenvalue weighted by Gasteiger charge is -2.47. The number of halogens is 2. The number of anilines is 1. The van der Waals surface area contributed by atoms with Crippen molar-refractivity contribution >= 4 is 40.2 Å². The highest BCUT2D eigenvalue weighted by Crippen LogP contribution is 2.36. The second-order valence-electron chi connectivity index (χ2n) is 10.4. The average molecular weight is 557 g/mol. The van der Waals surface area contributed by atoms with E-state index in [9.17, 15) is 5.11 Å². The first-order valence-corrected chi connectivity index (χ1v) is 13.8. The van der Waals surface area contributed by atoms with Crippen LogP contribution in [0.25, 0.3) is 22.7 Å². The average Bonchev–Trinajstić information content (AvgIpc) is 3.46. The summed E-state index contributed by atoms with van der Waals surface area (Å²) < 4.78 is 3.51. The molecule has 0 aliphatic carbocycles. The van der Waals surface area contributed by atoms with E-state index in [0.29, 0.717) is 44.6 Å². The van der Waals surface area contributed by atoms with Gasteiger partial charge in [-0.2, -0.15) is 5.10 Å². The van der Waals surface area contributed by atoms with E-state index in [1.807, 2.05) is 37.0 Å². The third kappa shape index (κ3) is 4.75. The number of aliphatic hydroxyl groups is 1. The minimum Gasteiger partial charge on any atom is -0.395 e. The van der Waals surface area contributed by atoms with E-state index >= 15 is 0 Å². The van der Waals surface area contributed by atoms with Crippen molar-refractivity contribution in [3.8, 4) is 11.5 Å². The fourth-order valence-electron chi connectivity index (χ4n) is 5.71. The molecule has 38 heavy (non-hydrogen) atoms. The summed E-state index contributed by atoms with van der Waals surface area (Å²) >= 11 is 12.7. The van der Waals surface area contributed by atoms with Crippen molar-refractivity contribution in [2.45, 2.75) is 25.8 Å². The summed E-state index contributed by atoms with van der Waals surface area (Å²) in [6, 6.07) is 5.28. The Morgan fingerprint density at radius 1 is 1.11 bits per heavy atom. The molecule has 2 aliphatic heterocycles. The van der Waals surface area contributed by atoms with Gasteiger partial charge in [0.05, 0.1) is 18.8 Å². The summed E-state index contributed by atoms with van der Waals surface area (Å²) in [6.45, 7) is 7.09. The van der Waals surface area contributed by atoms with Gasteiger partial charge in [0.25, 0.3) is 0 Å². The molecule has 0 bridgehead atoms. The maximum atomic E-state index is 9.33. The summed E-state index contributed by atoms with van der Waals surface area (Å²) in [6.07, 6.45) is 5.92. The Kier molecular flexibility index (Phi) is 6.98. The number of hydrogen-bond donors (Lipinski definition) is 1. The molecule has 0 unspecified atom stereocenters. The SMILES string of the molecule is C[C@H](c1ccc(Cl)cc1Cl)n1nc(-c2ncn(C)n2)c2ncc(N3CC([C@H]4CCCN(CCO)C4)C3)nc21. The van der Waals surface area contributed by atoms with Gasteiger partial charge in [0.2, 0.25) is 5.82 Å². The Morgan fingerprint density at radius 3 is 2.68 bits per heavy atom. The molecule has 1 N–H and O–H groups in total. The zero-order valence-electron chi connectivity index (χ0n) is 21.5. The number of piperidine rings is 1. The molecule has 12 heteroatoms. The van der Waals surface area contributed by atoms with E-state index < -0.39 is 0 Å². The molecule has 2 aliphatic rings. The highest BCUT2D eigenvalue weighted by atomic mass is 35.5. The lowest BCUT2D eigenvalue weighted by Crippen LogP contribution is -2.54. The molecular formula is C26H31Cl2N9O. The number of nitrogens with zero attached hydrogens (tertiary/aromatic N) is 9. The van der Waals surface area contributed by atoms with Crippen molar-refractivity contribution < 1.29 is 5.11 Å². The van der Waals surface area contributed by atoms with E-state index in [1.165, 1.54) is 12.8 Å². The van der Waals surface area contributed by atoms with Gasteiger partial charge >= 0.3 is 0 Å². The largest absolute Gasteiger partial charge is 0.395 e. The van der Waals surface area contributed by atoms with Gasteiger partial charge in [-0.15, -0.1) is 5.10 Å². The van der Waals surface area contributed by atoms with Crippen LogP contribution in [-0.4, -0.2) is 83.9 Å². The van der Waals surface area contributed by atoms with Crippen LogP contribution in [0.1, 0.15) is 31.4 Å². The number of rotatable bonds is 7. The van der Waals surface area contributed by atoms with Crippen molar-refractivity contribution in [3.63, 3.8) is 0 Å². The molecular weight excluding hydrogens is 525 g/mol. The quantitative estimate of drug-likeness (QED) is 0.368. The van der Waals surface area contributed by atoms with Crippen molar-refractivity contribution in [1.82, 2.24) is 39.4 Å². The van der Waals surface area contributed by atoms with Gasteiger partial charge in [-0.3, -0.25) is 4.68 Å². The van der Waals surface area contributed by atoms with E-state index in [2.05, 4.69) is 19.9 Å². The fraction of sp³-hybridized carbons (Fsp3) is 0.500. The fourth-order valence-corrected chi connectivity index (χ4v) is 6.28. The Labute approximate surface area is 231 Å².